The average molecular weight is 295 g/mol. The summed E-state index contributed by atoms with van der Waals surface area (Å²) in [6.07, 6.45) is -0.680. The zero-order valence-corrected chi connectivity index (χ0v) is 8.96. The highest BCUT2D eigenvalue weighted by molar-refractivity contribution is 14.1. The lowest BCUT2D eigenvalue weighted by atomic mass is 10.3. The molecule has 0 aliphatic heterocycles. The number of ether oxygens (including phenoxy) is 1. The van der Waals surface area contributed by atoms with Gasteiger partial charge >= 0.3 is 6.09 Å². The molecule has 1 aromatic rings. The second-order valence-electron chi connectivity index (χ2n) is 2.24. The largest absolute Gasteiger partial charge is 0.453 e. The molecule has 70 valence electrons. The Morgan fingerprint density at radius 3 is 2.85 bits per heavy atom. The molecule has 3 nitrogen and oxygen atoms in total. The maximum absolute atomic E-state index is 13.1. The van der Waals surface area contributed by atoms with Crippen molar-refractivity contribution >= 4 is 34.4 Å². The fraction of sp³-hybridized carbons (Fsp3) is 0.125. The molecule has 0 aliphatic rings. The summed E-state index contributed by atoms with van der Waals surface area (Å²) >= 11 is 1.98. The molecule has 0 atom stereocenters. The molecule has 0 bridgehead atoms. The van der Waals surface area contributed by atoms with Crippen LogP contribution in [-0.4, -0.2) is 13.2 Å². The standard InChI is InChI=1S/C8H7FINO2/c1-13-8(12)11-7-3-2-5(10)4-6(7)9/h2-4H,1H3,(H,11,12). The highest BCUT2D eigenvalue weighted by atomic mass is 127. The summed E-state index contributed by atoms with van der Waals surface area (Å²) in [5.74, 6) is -0.475. The minimum Gasteiger partial charge on any atom is -0.453 e. The van der Waals surface area contributed by atoms with Crippen LogP contribution in [0.15, 0.2) is 18.2 Å². The fourth-order valence-corrected chi connectivity index (χ4v) is 1.21. The molecule has 1 amide bonds. The Bertz CT molecular complexity index is 330. The number of nitrogens with one attached hydrogen (secondary N) is 1. The summed E-state index contributed by atoms with van der Waals surface area (Å²) < 4.78 is 18.2. The van der Waals surface area contributed by atoms with Crippen LogP contribution < -0.4 is 5.32 Å². The summed E-state index contributed by atoms with van der Waals surface area (Å²) in [5, 5.41) is 2.25. The van der Waals surface area contributed by atoms with Crippen molar-refractivity contribution in [3.8, 4) is 0 Å². The van der Waals surface area contributed by atoms with E-state index in [-0.39, 0.29) is 5.69 Å². The van der Waals surface area contributed by atoms with Gasteiger partial charge in [-0.1, -0.05) is 0 Å². The summed E-state index contributed by atoms with van der Waals surface area (Å²) in [6, 6.07) is 4.49. The number of benzene rings is 1. The van der Waals surface area contributed by atoms with Crippen molar-refractivity contribution in [2.24, 2.45) is 0 Å². The number of hydrogen-bond acceptors (Lipinski definition) is 2. The lowest BCUT2D eigenvalue weighted by Gasteiger charge is -2.04. The molecule has 0 spiro atoms. The quantitative estimate of drug-likeness (QED) is 0.809. The monoisotopic (exact) mass is 295 g/mol. The maximum Gasteiger partial charge on any atom is 0.411 e. The van der Waals surface area contributed by atoms with Gasteiger partial charge in [0.25, 0.3) is 0 Å². The number of carbonyl (C=O) groups is 1. The molecule has 0 aliphatic carbocycles. The number of carbonyl (C=O) groups excluding carboxylic acids is 1. The van der Waals surface area contributed by atoms with E-state index in [0.717, 1.165) is 3.57 Å². The van der Waals surface area contributed by atoms with Crippen LogP contribution in [0.3, 0.4) is 0 Å². The molecule has 0 radical (unpaired) electrons. The molecule has 0 saturated carbocycles. The van der Waals surface area contributed by atoms with Crippen LogP contribution in [0.2, 0.25) is 0 Å². The smallest absolute Gasteiger partial charge is 0.411 e. The molecular formula is C8H7FINO2. The summed E-state index contributed by atoms with van der Waals surface area (Å²) in [4.78, 5) is 10.7. The van der Waals surface area contributed by atoms with E-state index in [9.17, 15) is 9.18 Å². The molecule has 0 unspecified atom stereocenters. The van der Waals surface area contributed by atoms with Crippen LogP contribution in [0.5, 0.6) is 0 Å². The van der Waals surface area contributed by atoms with Gasteiger partial charge < -0.3 is 4.74 Å². The summed E-state index contributed by atoms with van der Waals surface area (Å²) in [7, 11) is 1.22. The van der Waals surface area contributed by atoms with Crippen LogP contribution in [0.4, 0.5) is 14.9 Å². The maximum atomic E-state index is 13.1. The summed E-state index contributed by atoms with van der Waals surface area (Å²) in [6.45, 7) is 0. The third-order valence-corrected chi connectivity index (χ3v) is 2.02. The predicted molar refractivity (Wildman–Crippen MR) is 55.1 cm³/mol. The molecular weight excluding hydrogens is 288 g/mol. The first-order chi connectivity index (χ1) is 6.13. The van der Waals surface area contributed by atoms with Crippen molar-refractivity contribution in [1.82, 2.24) is 0 Å². The molecule has 0 aromatic heterocycles. The zero-order chi connectivity index (χ0) is 9.84. The first-order valence-corrected chi connectivity index (χ1v) is 4.51. The third kappa shape index (κ3) is 2.83. The van der Waals surface area contributed by atoms with E-state index in [4.69, 9.17) is 0 Å². The normalized spacial score (nSPS) is 9.46. The highest BCUT2D eigenvalue weighted by Crippen LogP contribution is 2.16. The predicted octanol–water partition coefficient (Wildman–Crippen LogP) is 2.61. The minimum absolute atomic E-state index is 0.118. The van der Waals surface area contributed by atoms with Gasteiger partial charge in [0.05, 0.1) is 12.8 Å². The average Bonchev–Trinajstić information content (AvgIpc) is 2.09. The van der Waals surface area contributed by atoms with Gasteiger partial charge in [0, 0.05) is 3.57 Å². The minimum atomic E-state index is -0.680. The number of amides is 1. The van der Waals surface area contributed by atoms with Crippen molar-refractivity contribution in [1.29, 1.82) is 0 Å². The fourth-order valence-electron chi connectivity index (χ4n) is 0.752. The second kappa shape index (κ2) is 4.40. The van der Waals surface area contributed by atoms with Crippen LogP contribution >= 0.6 is 22.6 Å². The van der Waals surface area contributed by atoms with Crippen LogP contribution in [0, 0.1) is 9.39 Å². The Morgan fingerprint density at radius 1 is 1.62 bits per heavy atom. The SMILES string of the molecule is COC(=O)Nc1ccc(I)cc1F. The van der Waals surface area contributed by atoms with Gasteiger partial charge in [-0.15, -0.1) is 0 Å². The number of halogens is 2. The molecule has 1 aromatic carbocycles. The summed E-state index contributed by atoms with van der Waals surface area (Å²) in [5.41, 5.74) is 0.118. The molecule has 13 heavy (non-hydrogen) atoms. The van der Waals surface area contributed by atoms with Crippen LogP contribution in [-0.2, 0) is 4.74 Å². The van der Waals surface area contributed by atoms with Gasteiger partial charge in [-0.05, 0) is 40.8 Å². The van der Waals surface area contributed by atoms with Crippen LogP contribution in [0.1, 0.15) is 0 Å². The lowest BCUT2D eigenvalue weighted by Crippen LogP contribution is -2.12. The first kappa shape index (κ1) is 10.2. The molecule has 0 fully saturated rings. The van der Waals surface area contributed by atoms with Crippen molar-refractivity contribution < 1.29 is 13.9 Å². The van der Waals surface area contributed by atoms with Crippen molar-refractivity contribution in [3.05, 3.63) is 27.6 Å². The van der Waals surface area contributed by atoms with E-state index in [1.165, 1.54) is 19.2 Å². The van der Waals surface area contributed by atoms with Crippen molar-refractivity contribution in [2.45, 2.75) is 0 Å². The number of rotatable bonds is 1. The van der Waals surface area contributed by atoms with Gasteiger partial charge in [-0.25, -0.2) is 9.18 Å². The third-order valence-electron chi connectivity index (χ3n) is 1.35. The Labute approximate surface area is 88.4 Å². The molecule has 1 rings (SSSR count). The number of anilines is 1. The molecule has 1 N–H and O–H groups in total. The Balaban J connectivity index is 2.83. The van der Waals surface area contributed by atoms with Gasteiger partial charge in [0.2, 0.25) is 0 Å². The van der Waals surface area contributed by atoms with E-state index in [2.05, 4.69) is 10.1 Å². The first-order valence-electron chi connectivity index (χ1n) is 3.43. The highest BCUT2D eigenvalue weighted by Gasteiger charge is 2.05. The number of hydrogen-bond donors (Lipinski definition) is 1. The lowest BCUT2D eigenvalue weighted by molar-refractivity contribution is 0.187. The molecule has 0 heterocycles. The van der Waals surface area contributed by atoms with E-state index < -0.39 is 11.9 Å². The number of methoxy groups -OCH3 is 1. The topological polar surface area (TPSA) is 38.3 Å². The van der Waals surface area contributed by atoms with E-state index in [0.29, 0.717) is 0 Å². The Hall–Kier alpha value is -0.850. The van der Waals surface area contributed by atoms with Gasteiger partial charge in [-0.3, -0.25) is 5.32 Å². The van der Waals surface area contributed by atoms with Gasteiger partial charge in [-0.2, -0.15) is 0 Å². The van der Waals surface area contributed by atoms with Gasteiger partial charge in [0.15, 0.2) is 0 Å². The van der Waals surface area contributed by atoms with Gasteiger partial charge in [0.1, 0.15) is 5.82 Å². The Kier molecular flexibility index (Phi) is 3.47. The Morgan fingerprint density at radius 2 is 2.31 bits per heavy atom. The zero-order valence-electron chi connectivity index (χ0n) is 6.80. The second-order valence-corrected chi connectivity index (χ2v) is 3.49. The molecule has 5 heteroatoms. The van der Waals surface area contributed by atoms with E-state index >= 15 is 0 Å². The van der Waals surface area contributed by atoms with Crippen LogP contribution in [0.25, 0.3) is 0 Å². The van der Waals surface area contributed by atoms with E-state index in [1.54, 1.807) is 6.07 Å². The van der Waals surface area contributed by atoms with Crippen molar-refractivity contribution in [3.63, 3.8) is 0 Å². The van der Waals surface area contributed by atoms with Crippen molar-refractivity contribution in [2.75, 3.05) is 12.4 Å². The van der Waals surface area contributed by atoms with E-state index in [1.807, 2.05) is 22.6 Å². The molecule has 0 saturated heterocycles.